The molecule has 24 heavy (non-hydrogen) atoms. The Morgan fingerprint density at radius 3 is 2.54 bits per heavy atom. The third kappa shape index (κ3) is 3.72. The Bertz CT molecular complexity index is 845. The first-order valence-electron chi connectivity index (χ1n) is 6.87. The Kier molecular flexibility index (Phi) is 5.21. The lowest BCUT2D eigenvalue weighted by Gasteiger charge is -2.07. The van der Waals surface area contributed by atoms with Crippen molar-refractivity contribution in [2.45, 2.75) is 6.92 Å². The fraction of sp³-hybridized carbons (Fsp3) is 0.118. The van der Waals surface area contributed by atoms with Crippen LogP contribution in [0.3, 0.4) is 0 Å². The van der Waals surface area contributed by atoms with Crippen molar-refractivity contribution in [2.75, 3.05) is 7.11 Å². The van der Waals surface area contributed by atoms with Gasteiger partial charge in [0.05, 0.1) is 17.6 Å². The molecule has 0 aliphatic heterocycles. The minimum Gasteiger partial charge on any atom is -0.490 e. The molecule has 2 aromatic carbocycles. The van der Waals surface area contributed by atoms with Gasteiger partial charge in [-0.3, -0.25) is 10.1 Å². The topological polar surface area (TPSA) is 89.7 Å². The minimum atomic E-state index is -1.16. The number of benzene rings is 2. The van der Waals surface area contributed by atoms with Crippen LogP contribution < -0.4 is 4.74 Å². The second kappa shape index (κ2) is 7.14. The maximum atomic E-state index is 11.6. The zero-order chi connectivity index (χ0) is 17.9. The highest BCUT2D eigenvalue weighted by Gasteiger charge is 2.17. The zero-order valence-electron chi connectivity index (χ0n) is 12.9. The van der Waals surface area contributed by atoms with Gasteiger partial charge < -0.3 is 9.84 Å². The van der Waals surface area contributed by atoms with Crippen LogP contribution in [0.4, 0.5) is 5.69 Å². The summed E-state index contributed by atoms with van der Waals surface area (Å²) in [6, 6.07) is 9.13. The first-order valence-corrected chi connectivity index (χ1v) is 7.25. The summed E-state index contributed by atoms with van der Waals surface area (Å²) in [5, 5.41) is 21.0. The lowest BCUT2D eigenvalue weighted by molar-refractivity contribution is -0.385. The van der Waals surface area contributed by atoms with Crippen LogP contribution in [-0.4, -0.2) is 23.1 Å². The molecule has 0 fully saturated rings. The number of halogens is 1. The molecule has 0 aliphatic carbocycles. The number of carboxylic acid groups (broad SMARTS) is 1. The predicted molar refractivity (Wildman–Crippen MR) is 91.3 cm³/mol. The number of nitro benzene ring substituents is 1. The van der Waals surface area contributed by atoms with E-state index in [1.54, 1.807) is 24.3 Å². The van der Waals surface area contributed by atoms with Crippen molar-refractivity contribution >= 4 is 34.9 Å². The molecule has 0 heterocycles. The number of ether oxygens (including phenoxy) is 1. The Hall–Kier alpha value is -2.86. The van der Waals surface area contributed by atoms with Crippen LogP contribution in [-0.2, 0) is 4.79 Å². The van der Waals surface area contributed by atoms with Gasteiger partial charge in [-0.15, -0.1) is 0 Å². The Morgan fingerprint density at radius 2 is 2.00 bits per heavy atom. The number of nitro groups is 1. The Morgan fingerprint density at radius 1 is 1.29 bits per heavy atom. The molecule has 0 aliphatic rings. The van der Waals surface area contributed by atoms with E-state index >= 15 is 0 Å². The van der Waals surface area contributed by atoms with Crippen LogP contribution >= 0.6 is 11.6 Å². The third-order valence-corrected chi connectivity index (χ3v) is 3.83. The van der Waals surface area contributed by atoms with E-state index in [4.69, 9.17) is 16.3 Å². The largest absolute Gasteiger partial charge is 0.490 e. The van der Waals surface area contributed by atoms with Gasteiger partial charge in [-0.05, 0) is 41.8 Å². The van der Waals surface area contributed by atoms with E-state index in [9.17, 15) is 20.0 Å². The number of aryl methyl sites for hydroxylation is 1. The summed E-state index contributed by atoms with van der Waals surface area (Å²) in [6.07, 6.45) is 1.36. The third-order valence-electron chi connectivity index (χ3n) is 3.42. The van der Waals surface area contributed by atoms with Crippen molar-refractivity contribution in [3.05, 3.63) is 68.2 Å². The molecule has 2 rings (SSSR count). The number of methoxy groups -OCH3 is 1. The summed E-state index contributed by atoms with van der Waals surface area (Å²) in [5.41, 5.74) is 1.35. The van der Waals surface area contributed by atoms with Gasteiger partial charge in [-0.2, -0.15) is 0 Å². The van der Waals surface area contributed by atoms with Crippen LogP contribution in [0.2, 0.25) is 5.02 Å². The van der Waals surface area contributed by atoms with Gasteiger partial charge in [-0.1, -0.05) is 29.8 Å². The van der Waals surface area contributed by atoms with Crippen LogP contribution in [0.1, 0.15) is 16.7 Å². The van der Waals surface area contributed by atoms with E-state index in [-0.39, 0.29) is 17.0 Å². The Balaban J connectivity index is 2.56. The Labute approximate surface area is 143 Å². The molecule has 0 spiro atoms. The zero-order valence-corrected chi connectivity index (χ0v) is 13.7. The van der Waals surface area contributed by atoms with E-state index < -0.39 is 10.9 Å². The van der Waals surface area contributed by atoms with E-state index in [0.29, 0.717) is 16.1 Å². The lowest BCUT2D eigenvalue weighted by Crippen LogP contribution is -2.00. The second-order valence-electron chi connectivity index (χ2n) is 5.02. The maximum Gasteiger partial charge on any atom is 0.336 e. The summed E-state index contributed by atoms with van der Waals surface area (Å²) in [7, 11) is 1.33. The monoisotopic (exact) mass is 347 g/mol. The molecule has 0 atom stereocenters. The van der Waals surface area contributed by atoms with Gasteiger partial charge in [0.25, 0.3) is 0 Å². The fourth-order valence-electron chi connectivity index (χ4n) is 2.14. The number of nitrogens with zero attached hydrogens (tertiary/aromatic N) is 1. The smallest absolute Gasteiger partial charge is 0.336 e. The molecular formula is C17H14ClNO5. The average molecular weight is 348 g/mol. The molecule has 7 heteroatoms. The van der Waals surface area contributed by atoms with Crippen LogP contribution in [0, 0.1) is 17.0 Å². The molecule has 0 unspecified atom stereocenters. The molecule has 124 valence electrons. The molecule has 2 aromatic rings. The van der Waals surface area contributed by atoms with Crippen molar-refractivity contribution in [2.24, 2.45) is 0 Å². The van der Waals surface area contributed by atoms with Crippen molar-refractivity contribution in [1.29, 1.82) is 0 Å². The normalized spacial score (nSPS) is 11.2. The summed E-state index contributed by atoms with van der Waals surface area (Å²) in [6.45, 7) is 1.81. The highest BCUT2D eigenvalue weighted by Crippen LogP contribution is 2.30. The molecule has 0 aromatic heterocycles. The molecule has 0 saturated heterocycles. The summed E-state index contributed by atoms with van der Waals surface area (Å²) < 4.78 is 4.93. The van der Waals surface area contributed by atoms with Gasteiger partial charge in [0.15, 0.2) is 5.75 Å². The predicted octanol–water partition coefficient (Wildman–Crippen LogP) is 4.19. The molecule has 0 saturated carbocycles. The molecule has 1 N–H and O–H groups in total. The van der Waals surface area contributed by atoms with Gasteiger partial charge in [-0.25, -0.2) is 4.79 Å². The number of aliphatic carboxylic acids is 1. The molecule has 0 radical (unpaired) electrons. The molecule has 0 amide bonds. The number of hydrogen-bond acceptors (Lipinski definition) is 4. The maximum absolute atomic E-state index is 11.6. The molecule has 6 nitrogen and oxygen atoms in total. The first-order chi connectivity index (χ1) is 11.3. The molecular weight excluding hydrogens is 334 g/mol. The summed E-state index contributed by atoms with van der Waals surface area (Å²) >= 11 is 6.05. The number of hydrogen-bond donors (Lipinski definition) is 1. The van der Waals surface area contributed by atoms with E-state index in [1.165, 1.54) is 25.3 Å². The number of carbonyl (C=O) groups is 1. The van der Waals surface area contributed by atoms with Crippen LogP contribution in [0.15, 0.2) is 36.4 Å². The number of rotatable bonds is 5. The second-order valence-corrected chi connectivity index (χ2v) is 5.42. The van der Waals surface area contributed by atoms with Crippen molar-refractivity contribution in [1.82, 2.24) is 0 Å². The fourth-order valence-corrected chi connectivity index (χ4v) is 2.32. The minimum absolute atomic E-state index is 0.0173. The first kappa shape index (κ1) is 17.5. The highest BCUT2D eigenvalue weighted by atomic mass is 35.5. The van der Waals surface area contributed by atoms with Gasteiger partial charge in [0, 0.05) is 11.1 Å². The van der Waals surface area contributed by atoms with Crippen LogP contribution in [0.5, 0.6) is 5.75 Å². The van der Waals surface area contributed by atoms with Crippen molar-refractivity contribution < 1.29 is 19.6 Å². The number of carboxylic acids is 1. The summed E-state index contributed by atoms with van der Waals surface area (Å²) in [4.78, 5) is 22.1. The standard InChI is InChI=1S/C17H14ClNO5/c1-10-3-5-12(9-14(10)18)13(17(20)21)7-11-4-6-16(24-2)15(8-11)19(22)23/h3-9H,1-2H3,(H,20,21)/b13-7-. The van der Waals surface area contributed by atoms with Gasteiger partial charge >= 0.3 is 11.7 Å². The van der Waals surface area contributed by atoms with Crippen molar-refractivity contribution in [3.63, 3.8) is 0 Å². The van der Waals surface area contributed by atoms with Crippen LogP contribution in [0.25, 0.3) is 11.6 Å². The highest BCUT2D eigenvalue weighted by molar-refractivity contribution is 6.32. The van der Waals surface area contributed by atoms with E-state index in [2.05, 4.69) is 0 Å². The summed E-state index contributed by atoms with van der Waals surface area (Å²) in [5.74, 6) is -1.05. The lowest BCUT2D eigenvalue weighted by atomic mass is 10.0. The molecule has 0 bridgehead atoms. The average Bonchev–Trinajstić information content (AvgIpc) is 2.54. The van der Waals surface area contributed by atoms with E-state index in [1.807, 2.05) is 6.92 Å². The van der Waals surface area contributed by atoms with Crippen molar-refractivity contribution in [3.8, 4) is 5.75 Å². The van der Waals surface area contributed by atoms with E-state index in [0.717, 1.165) is 5.56 Å². The SMILES string of the molecule is COc1ccc(/C=C(\C(=O)O)c2ccc(C)c(Cl)c2)cc1[N+](=O)[O-]. The quantitative estimate of drug-likeness (QED) is 0.379. The van der Waals surface area contributed by atoms with Gasteiger partial charge in [0.2, 0.25) is 0 Å². The van der Waals surface area contributed by atoms with Gasteiger partial charge in [0.1, 0.15) is 0 Å².